The van der Waals surface area contributed by atoms with Crippen LogP contribution in [0.2, 0.25) is 10.0 Å². The van der Waals surface area contributed by atoms with Crippen LogP contribution in [-0.2, 0) is 14.8 Å². The summed E-state index contributed by atoms with van der Waals surface area (Å²) in [4.78, 5) is 14.0. The molecule has 24 heavy (non-hydrogen) atoms. The van der Waals surface area contributed by atoms with Gasteiger partial charge in [0.05, 0.1) is 27.1 Å². The normalized spacial score (nSPS) is 18.5. The van der Waals surface area contributed by atoms with Crippen LogP contribution in [0.4, 0.5) is 11.4 Å². The number of hydrogen-bond donors (Lipinski definition) is 2. The molecule has 0 saturated heterocycles. The van der Waals surface area contributed by atoms with E-state index in [4.69, 9.17) is 28.9 Å². The zero-order valence-corrected chi connectivity index (χ0v) is 14.5. The van der Waals surface area contributed by atoms with Crippen molar-refractivity contribution in [2.45, 2.75) is 0 Å². The van der Waals surface area contributed by atoms with Crippen LogP contribution in [0.1, 0.15) is 0 Å². The molecule has 0 spiro atoms. The van der Waals surface area contributed by atoms with Crippen LogP contribution in [0.15, 0.2) is 40.5 Å². The SMILES string of the molecule is Nc1c(Cl)cc(NC(=O)C2=CN3CCS(=O)(=O)N=C3C=C2)cc1Cl. The molecule has 0 fully saturated rings. The number of halogens is 2. The zero-order chi connectivity index (χ0) is 17.5. The van der Waals surface area contributed by atoms with Crippen molar-refractivity contribution >= 4 is 56.3 Å². The lowest BCUT2D eigenvalue weighted by Crippen LogP contribution is -2.37. The van der Waals surface area contributed by atoms with E-state index in [0.717, 1.165) is 0 Å². The number of nitrogens with one attached hydrogen (secondary N) is 1. The number of amides is 1. The van der Waals surface area contributed by atoms with Crippen LogP contribution in [0.3, 0.4) is 0 Å². The second-order valence-corrected chi connectivity index (χ2v) is 7.72. The molecule has 1 amide bonds. The number of anilines is 2. The van der Waals surface area contributed by atoms with Gasteiger partial charge in [-0.15, -0.1) is 4.40 Å². The fraction of sp³-hybridized carbons (Fsp3) is 0.143. The number of nitrogen functional groups attached to an aromatic ring is 1. The zero-order valence-electron chi connectivity index (χ0n) is 12.2. The van der Waals surface area contributed by atoms with Crippen molar-refractivity contribution in [1.82, 2.24) is 4.90 Å². The number of benzene rings is 1. The minimum Gasteiger partial charge on any atom is -0.396 e. The molecule has 2 aliphatic heterocycles. The molecule has 0 unspecified atom stereocenters. The van der Waals surface area contributed by atoms with Crippen LogP contribution in [-0.4, -0.2) is 37.4 Å². The van der Waals surface area contributed by atoms with Crippen molar-refractivity contribution in [2.75, 3.05) is 23.3 Å². The van der Waals surface area contributed by atoms with E-state index in [1.807, 2.05) is 0 Å². The highest BCUT2D eigenvalue weighted by Gasteiger charge is 2.25. The van der Waals surface area contributed by atoms with Crippen molar-refractivity contribution in [3.05, 3.63) is 46.1 Å². The molecular formula is C14H12Cl2N4O3S. The Kier molecular flexibility index (Phi) is 4.29. The average Bonchev–Trinajstić information content (AvgIpc) is 2.51. The van der Waals surface area contributed by atoms with Crippen molar-refractivity contribution in [3.63, 3.8) is 0 Å². The van der Waals surface area contributed by atoms with Gasteiger partial charge in [-0.3, -0.25) is 4.79 Å². The topological polar surface area (TPSA) is 105 Å². The Morgan fingerprint density at radius 3 is 2.58 bits per heavy atom. The molecule has 126 valence electrons. The number of rotatable bonds is 2. The molecule has 0 aromatic heterocycles. The molecule has 0 bridgehead atoms. The van der Waals surface area contributed by atoms with E-state index in [2.05, 4.69) is 9.71 Å². The van der Waals surface area contributed by atoms with Gasteiger partial charge < -0.3 is 16.0 Å². The summed E-state index contributed by atoms with van der Waals surface area (Å²) in [6, 6.07) is 2.99. The third-order valence-electron chi connectivity index (χ3n) is 3.42. The predicted molar refractivity (Wildman–Crippen MR) is 94.7 cm³/mol. The smallest absolute Gasteiger partial charge is 0.257 e. The molecule has 0 radical (unpaired) electrons. The summed E-state index contributed by atoms with van der Waals surface area (Å²) in [5.41, 5.74) is 6.64. The lowest BCUT2D eigenvalue weighted by atomic mass is 10.1. The van der Waals surface area contributed by atoms with E-state index in [9.17, 15) is 13.2 Å². The molecule has 10 heteroatoms. The highest BCUT2D eigenvalue weighted by atomic mass is 35.5. The number of carbonyl (C=O) groups excluding carboxylic acids is 1. The van der Waals surface area contributed by atoms with Gasteiger partial charge in [0.15, 0.2) is 0 Å². The molecule has 1 aromatic rings. The van der Waals surface area contributed by atoms with Crippen LogP contribution in [0.5, 0.6) is 0 Å². The van der Waals surface area contributed by atoms with E-state index in [-0.39, 0.29) is 33.9 Å². The quantitative estimate of drug-likeness (QED) is 0.756. The van der Waals surface area contributed by atoms with Crippen LogP contribution in [0.25, 0.3) is 0 Å². The molecule has 1 aromatic carbocycles. The highest BCUT2D eigenvalue weighted by Crippen LogP contribution is 2.31. The standard InChI is InChI=1S/C14H12Cl2N4O3S/c15-10-5-9(6-11(16)13(10)17)18-14(21)8-1-2-12-19-24(22,23)4-3-20(12)7-8/h1-2,5-7H,3-4,17H2,(H,18,21). The van der Waals surface area contributed by atoms with Crippen LogP contribution >= 0.6 is 23.2 Å². The maximum atomic E-state index is 12.3. The van der Waals surface area contributed by atoms with Crippen LogP contribution < -0.4 is 11.1 Å². The van der Waals surface area contributed by atoms with Crippen LogP contribution in [0, 0.1) is 0 Å². The van der Waals surface area contributed by atoms with Crippen molar-refractivity contribution in [1.29, 1.82) is 0 Å². The fourth-order valence-corrected chi connectivity index (χ4v) is 3.65. The number of amidine groups is 1. The summed E-state index contributed by atoms with van der Waals surface area (Å²) in [5.74, 6) is -0.203. The van der Waals surface area contributed by atoms with E-state index < -0.39 is 15.9 Å². The van der Waals surface area contributed by atoms with E-state index >= 15 is 0 Å². The maximum absolute atomic E-state index is 12.3. The molecule has 2 aliphatic rings. The maximum Gasteiger partial charge on any atom is 0.257 e. The Bertz CT molecular complexity index is 899. The van der Waals surface area contributed by atoms with Gasteiger partial charge in [-0.05, 0) is 24.3 Å². The first kappa shape index (κ1) is 16.8. The predicted octanol–water partition coefficient (Wildman–Crippen LogP) is 2.01. The number of hydrogen-bond acceptors (Lipinski definition) is 5. The molecule has 2 heterocycles. The second kappa shape index (κ2) is 6.12. The molecule has 0 aliphatic carbocycles. The molecule has 0 atom stereocenters. The monoisotopic (exact) mass is 386 g/mol. The Balaban J connectivity index is 1.80. The van der Waals surface area contributed by atoms with Gasteiger partial charge in [-0.1, -0.05) is 23.2 Å². The minimum absolute atomic E-state index is 0.0983. The van der Waals surface area contributed by atoms with Gasteiger partial charge in [-0.25, -0.2) is 8.42 Å². The lowest BCUT2D eigenvalue weighted by molar-refractivity contribution is -0.112. The Morgan fingerprint density at radius 2 is 1.92 bits per heavy atom. The fourth-order valence-electron chi connectivity index (χ4n) is 2.19. The summed E-state index contributed by atoms with van der Waals surface area (Å²) < 4.78 is 26.6. The Hall–Kier alpha value is -2.03. The number of carbonyl (C=O) groups is 1. The number of nitrogens with two attached hydrogens (primary N) is 1. The summed E-state index contributed by atoms with van der Waals surface area (Å²) in [6.07, 6.45) is 4.52. The second-order valence-electron chi connectivity index (χ2n) is 5.15. The number of nitrogens with zero attached hydrogens (tertiary/aromatic N) is 2. The third kappa shape index (κ3) is 3.40. The first-order valence-corrected chi connectivity index (χ1v) is 9.17. The summed E-state index contributed by atoms with van der Waals surface area (Å²) in [7, 11) is -3.43. The molecule has 7 nitrogen and oxygen atoms in total. The van der Waals surface area contributed by atoms with Gasteiger partial charge in [0.1, 0.15) is 5.84 Å². The highest BCUT2D eigenvalue weighted by molar-refractivity contribution is 7.90. The number of fused-ring (bicyclic) bond motifs is 1. The van der Waals surface area contributed by atoms with E-state index in [1.54, 1.807) is 11.1 Å². The largest absolute Gasteiger partial charge is 0.396 e. The lowest BCUT2D eigenvalue weighted by Gasteiger charge is -2.27. The average molecular weight is 387 g/mol. The summed E-state index contributed by atoms with van der Waals surface area (Å²) >= 11 is 11.9. The van der Waals surface area contributed by atoms with Gasteiger partial charge in [0.25, 0.3) is 15.9 Å². The van der Waals surface area contributed by atoms with E-state index in [0.29, 0.717) is 11.3 Å². The minimum atomic E-state index is -3.43. The first-order chi connectivity index (χ1) is 11.2. The van der Waals surface area contributed by atoms with Gasteiger partial charge >= 0.3 is 0 Å². The Labute approximate surface area is 148 Å². The third-order valence-corrected chi connectivity index (χ3v) is 5.21. The summed E-state index contributed by atoms with van der Waals surface area (Å²) in [5, 5.41) is 3.14. The Morgan fingerprint density at radius 1 is 1.25 bits per heavy atom. The molecular weight excluding hydrogens is 375 g/mol. The molecule has 3 rings (SSSR count). The van der Waals surface area contributed by atoms with E-state index in [1.165, 1.54) is 24.3 Å². The van der Waals surface area contributed by atoms with Crippen molar-refractivity contribution < 1.29 is 13.2 Å². The van der Waals surface area contributed by atoms with Crippen molar-refractivity contribution in [3.8, 4) is 0 Å². The first-order valence-electron chi connectivity index (χ1n) is 6.80. The van der Waals surface area contributed by atoms with Gasteiger partial charge in [-0.2, -0.15) is 0 Å². The summed E-state index contributed by atoms with van der Waals surface area (Å²) in [6.45, 7) is 0.238. The molecule has 3 N–H and O–H groups in total. The van der Waals surface area contributed by atoms with Gasteiger partial charge in [0.2, 0.25) is 0 Å². The van der Waals surface area contributed by atoms with Gasteiger partial charge in [0, 0.05) is 18.4 Å². The molecule has 0 saturated carbocycles. The number of sulfonamides is 1. The van der Waals surface area contributed by atoms with Crippen molar-refractivity contribution in [2.24, 2.45) is 4.40 Å².